The van der Waals surface area contributed by atoms with Crippen LogP contribution in [0.2, 0.25) is 0 Å². The van der Waals surface area contributed by atoms with Gasteiger partial charge in [-0.25, -0.2) is 8.42 Å². The third-order valence-corrected chi connectivity index (χ3v) is 7.28. The van der Waals surface area contributed by atoms with Gasteiger partial charge in [0.2, 0.25) is 10.0 Å². The quantitative estimate of drug-likeness (QED) is 0.767. The maximum absolute atomic E-state index is 13.3. The van der Waals surface area contributed by atoms with E-state index in [-0.39, 0.29) is 33.5 Å². The number of hydrogen-bond donors (Lipinski definition) is 1. The highest BCUT2D eigenvalue weighted by atomic mass is 32.2. The van der Waals surface area contributed by atoms with Crippen LogP contribution in [0.1, 0.15) is 63.1 Å². The van der Waals surface area contributed by atoms with Crippen LogP contribution in [0.4, 0.5) is 5.82 Å². The molecule has 0 aliphatic carbocycles. The highest BCUT2D eigenvalue weighted by molar-refractivity contribution is 7.89. The van der Waals surface area contributed by atoms with Crippen molar-refractivity contribution in [1.29, 1.82) is 0 Å². The zero-order valence-corrected chi connectivity index (χ0v) is 18.9. The summed E-state index contributed by atoms with van der Waals surface area (Å²) in [7, 11) is -2.39. The fourth-order valence-electron chi connectivity index (χ4n) is 3.45. The summed E-state index contributed by atoms with van der Waals surface area (Å²) in [5.74, 6) is 0.639. The number of rotatable bonds is 5. The Morgan fingerprint density at radius 1 is 1.27 bits per heavy atom. The van der Waals surface area contributed by atoms with Crippen LogP contribution in [-0.4, -0.2) is 43.5 Å². The standard InChI is InChI=1S/C21H29N3O5S/c1-14-8-6-7-11-24(14)30(26,27)17-12-15(9-10-16(17)28-5)20(25)22-19-13-18(29-23-19)21(2,3)4/h9-10,12-14H,6-8,11H2,1-5H3,(H,22,23,25). The summed E-state index contributed by atoms with van der Waals surface area (Å²) in [5.41, 5.74) is -0.0537. The Balaban J connectivity index is 1.90. The fraction of sp³-hybridized carbons (Fsp3) is 0.524. The zero-order chi connectivity index (χ0) is 22.1. The second kappa shape index (κ2) is 8.39. The Hall–Kier alpha value is -2.39. The van der Waals surface area contributed by atoms with E-state index in [1.165, 1.54) is 29.6 Å². The minimum absolute atomic E-state index is 0.0121. The number of nitrogens with one attached hydrogen (secondary N) is 1. The van der Waals surface area contributed by atoms with Crippen molar-refractivity contribution in [2.45, 2.75) is 63.3 Å². The lowest BCUT2D eigenvalue weighted by molar-refractivity contribution is 0.102. The second-order valence-corrected chi connectivity index (χ2v) is 10.5. The molecule has 2 aromatic rings. The van der Waals surface area contributed by atoms with Crippen LogP contribution in [0.5, 0.6) is 5.75 Å². The van der Waals surface area contributed by atoms with Gasteiger partial charge in [-0.05, 0) is 38.0 Å². The van der Waals surface area contributed by atoms with Crippen LogP contribution in [-0.2, 0) is 15.4 Å². The molecule has 2 heterocycles. The number of sulfonamides is 1. The van der Waals surface area contributed by atoms with Crippen LogP contribution >= 0.6 is 0 Å². The van der Waals surface area contributed by atoms with E-state index in [0.29, 0.717) is 12.3 Å². The summed E-state index contributed by atoms with van der Waals surface area (Å²) < 4.78 is 38.7. The van der Waals surface area contributed by atoms with E-state index in [1.807, 2.05) is 27.7 Å². The number of hydrogen-bond acceptors (Lipinski definition) is 6. The smallest absolute Gasteiger partial charge is 0.256 e. The van der Waals surface area contributed by atoms with Crippen molar-refractivity contribution in [2.24, 2.45) is 0 Å². The molecular formula is C21H29N3O5S. The summed E-state index contributed by atoms with van der Waals surface area (Å²) in [6, 6.07) is 5.94. The molecule has 1 N–H and O–H groups in total. The predicted molar refractivity (Wildman–Crippen MR) is 113 cm³/mol. The number of benzene rings is 1. The van der Waals surface area contributed by atoms with Gasteiger partial charge in [0, 0.05) is 29.6 Å². The van der Waals surface area contributed by atoms with Gasteiger partial charge in [-0.15, -0.1) is 0 Å². The maximum Gasteiger partial charge on any atom is 0.256 e. The zero-order valence-electron chi connectivity index (χ0n) is 18.1. The van der Waals surface area contributed by atoms with E-state index in [1.54, 1.807) is 6.07 Å². The van der Waals surface area contributed by atoms with Gasteiger partial charge in [-0.1, -0.05) is 32.3 Å². The fourth-order valence-corrected chi connectivity index (χ4v) is 5.33. The highest BCUT2D eigenvalue weighted by Crippen LogP contribution is 2.32. The van der Waals surface area contributed by atoms with Gasteiger partial charge in [-0.3, -0.25) is 4.79 Å². The molecule has 30 heavy (non-hydrogen) atoms. The molecule has 1 aliphatic rings. The molecule has 0 radical (unpaired) electrons. The number of carbonyl (C=O) groups is 1. The molecule has 0 saturated carbocycles. The van der Waals surface area contributed by atoms with E-state index >= 15 is 0 Å². The van der Waals surface area contributed by atoms with Crippen molar-refractivity contribution < 1.29 is 22.5 Å². The lowest BCUT2D eigenvalue weighted by atomic mass is 9.93. The molecular weight excluding hydrogens is 406 g/mol. The van der Waals surface area contributed by atoms with Gasteiger partial charge < -0.3 is 14.6 Å². The Morgan fingerprint density at radius 3 is 2.60 bits per heavy atom. The van der Waals surface area contributed by atoms with Gasteiger partial charge in [0.05, 0.1) is 7.11 Å². The molecule has 1 fully saturated rings. The lowest BCUT2D eigenvalue weighted by Crippen LogP contribution is -2.42. The molecule has 1 saturated heterocycles. The van der Waals surface area contributed by atoms with Crippen molar-refractivity contribution in [3.05, 3.63) is 35.6 Å². The Kier molecular flexibility index (Phi) is 6.24. The summed E-state index contributed by atoms with van der Waals surface area (Å²) in [6.45, 7) is 8.28. The highest BCUT2D eigenvalue weighted by Gasteiger charge is 2.33. The minimum atomic E-state index is -3.80. The number of ether oxygens (including phenoxy) is 1. The molecule has 0 spiro atoms. The van der Waals surface area contributed by atoms with Crippen molar-refractivity contribution in [1.82, 2.24) is 9.46 Å². The van der Waals surface area contributed by atoms with Crippen LogP contribution in [0.15, 0.2) is 33.7 Å². The van der Waals surface area contributed by atoms with E-state index in [0.717, 1.165) is 19.3 Å². The first kappa shape index (κ1) is 22.3. The number of carbonyl (C=O) groups excluding carboxylic acids is 1. The topological polar surface area (TPSA) is 102 Å². The van der Waals surface area contributed by atoms with Gasteiger partial charge in [0.1, 0.15) is 16.4 Å². The maximum atomic E-state index is 13.3. The average Bonchev–Trinajstić information content (AvgIpc) is 3.16. The van der Waals surface area contributed by atoms with Crippen LogP contribution in [0.25, 0.3) is 0 Å². The normalized spacial score (nSPS) is 18.2. The third-order valence-electron chi connectivity index (χ3n) is 5.25. The number of aromatic nitrogens is 1. The summed E-state index contributed by atoms with van der Waals surface area (Å²) in [5, 5.41) is 6.54. The van der Waals surface area contributed by atoms with Crippen molar-refractivity contribution in [2.75, 3.05) is 19.0 Å². The Bertz CT molecular complexity index is 1020. The number of anilines is 1. The molecule has 1 unspecified atom stereocenters. The molecule has 0 bridgehead atoms. The van der Waals surface area contributed by atoms with Crippen molar-refractivity contribution in [3.8, 4) is 5.75 Å². The third kappa shape index (κ3) is 4.52. The van der Waals surface area contributed by atoms with E-state index < -0.39 is 15.9 Å². The van der Waals surface area contributed by atoms with Gasteiger partial charge in [0.15, 0.2) is 5.82 Å². The Morgan fingerprint density at radius 2 is 2.00 bits per heavy atom. The molecule has 8 nitrogen and oxygen atoms in total. The molecule has 1 aromatic heterocycles. The lowest BCUT2D eigenvalue weighted by Gasteiger charge is -2.32. The summed E-state index contributed by atoms with van der Waals surface area (Å²) >= 11 is 0. The van der Waals surface area contributed by atoms with Crippen LogP contribution < -0.4 is 10.1 Å². The Labute approximate surface area is 177 Å². The first-order chi connectivity index (χ1) is 14.0. The van der Waals surface area contributed by atoms with Crippen molar-refractivity contribution >= 4 is 21.7 Å². The first-order valence-corrected chi connectivity index (χ1v) is 11.5. The second-order valence-electron chi connectivity index (χ2n) is 8.61. The van der Waals surface area contributed by atoms with Gasteiger partial charge in [0.25, 0.3) is 5.91 Å². The number of methoxy groups -OCH3 is 1. The molecule has 1 amide bonds. The monoisotopic (exact) mass is 435 g/mol. The van der Waals surface area contributed by atoms with E-state index in [9.17, 15) is 13.2 Å². The molecule has 1 aromatic carbocycles. The van der Waals surface area contributed by atoms with Gasteiger partial charge in [-0.2, -0.15) is 4.31 Å². The molecule has 1 atom stereocenters. The molecule has 1 aliphatic heterocycles. The molecule has 3 rings (SSSR count). The largest absolute Gasteiger partial charge is 0.495 e. The predicted octanol–water partition coefficient (Wildman–Crippen LogP) is 3.80. The number of piperidine rings is 1. The van der Waals surface area contributed by atoms with Gasteiger partial charge >= 0.3 is 0 Å². The summed E-state index contributed by atoms with van der Waals surface area (Å²) in [4.78, 5) is 12.7. The first-order valence-electron chi connectivity index (χ1n) is 10.0. The molecule has 164 valence electrons. The molecule has 9 heteroatoms. The SMILES string of the molecule is COc1ccc(C(=O)Nc2cc(C(C)(C)C)on2)cc1S(=O)(=O)N1CCCCC1C. The van der Waals surface area contributed by atoms with E-state index in [4.69, 9.17) is 9.26 Å². The average molecular weight is 436 g/mol. The minimum Gasteiger partial charge on any atom is -0.495 e. The van der Waals surface area contributed by atoms with Crippen LogP contribution in [0.3, 0.4) is 0 Å². The number of nitrogens with zero attached hydrogens (tertiary/aromatic N) is 2. The number of amides is 1. The van der Waals surface area contributed by atoms with Crippen molar-refractivity contribution in [3.63, 3.8) is 0 Å². The summed E-state index contributed by atoms with van der Waals surface area (Å²) in [6.07, 6.45) is 2.62. The van der Waals surface area contributed by atoms with E-state index in [2.05, 4.69) is 10.5 Å². The van der Waals surface area contributed by atoms with Crippen LogP contribution in [0, 0.1) is 0 Å².